The predicted octanol–water partition coefficient (Wildman–Crippen LogP) is 4.14. The van der Waals surface area contributed by atoms with Gasteiger partial charge in [-0.1, -0.05) is 48.7 Å². The Kier molecular flexibility index (Phi) is 5.78. The van der Waals surface area contributed by atoms with Gasteiger partial charge in [-0.05, 0) is 44.7 Å². The van der Waals surface area contributed by atoms with E-state index in [2.05, 4.69) is 28.5 Å². The Morgan fingerprint density at radius 2 is 1.92 bits per heavy atom. The summed E-state index contributed by atoms with van der Waals surface area (Å²) >= 11 is 1.29. The molecule has 1 amide bonds. The molecule has 0 saturated heterocycles. The fourth-order valence-electron chi connectivity index (χ4n) is 3.39. The molecule has 2 aromatic rings. The molecular weight excluding hydrogens is 334 g/mol. The van der Waals surface area contributed by atoms with Gasteiger partial charge in [-0.25, -0.2) is 0 Å². The van der Waals surface area contributed by atoms with Gasteiger partial charge < -0.3 is 9.73 Å². The average Bonchev–Trinajstić information content (AvgIpc) is 3.03. The molecule has 2 atom stereocenters. The molecule has 6 heteroatoms. The number of rotatable bonds is 5. The van der Waals surface area contributed by atoms with Crippen molar-refractivity contribution in [3.8, 4) is 11.5 Å². The predicted molar refractivity (Wildman–Crippen MR) is 99.5 cm³/mol. The highest BCUT2D eigenvalue weighted by molar-refractivity contribution is 7.99. The molecule has 1 fully saturated rings. The summed E-state index contributed by atoms with van der Waals surface area (Å²) in [6.45, 7) is 6.30. The van der Waals surface area contributed by atoms with Crippen LogP contribution in [-0.4, -0.2) is 27.9 Å². The van der Waals surface area contributed by atoms with Crippen molar-refractivity contribution in [3.05, 3.63) is 29.3 Å². The van der Waals surface area contributed by atoms with E-state index in [-0.39, 0.29) is 5.91 Å². The quantitative estimate of drug-likeness (QED) is 0.813. The summed E-state index contributed by atoms with van der Waals surface area (Å²) in [4.78, 5) is 12.2. The van der Waals surface area contributed by atoms with Crippen LogP contribution in [0, 0.1) is 19.8 Å². The van der Waals surface area contributed by atoms with Gasteiger partial charge in [0, 0.05) is 11.6 Å². The largest absolute Gasteiger partial charge is 0.411 e. The van der Waals surface area contributed by atoms with Crippen LogP contribution in [0.25, 0.3) is 11.5 Å². The highest BCUT2D eigenvalue weighted by Crippen LogP contribution is 2.26. The molecule has 1 heterocycles. The van der Waals surface area contributed by atoms with E-state index >= 15 is 0 Å². The van der Waals surface area contributed by atoms with E-state index < -0.39 is 0 Å². The lowest BCUT2D eigenvalue weighted by atomic mass is 9.86. The minimum Gasteiger partial charge on any atom is -0.411 e. The van der Waals surface area contributed by atoms with Crippen LogP contribution in [0.3, 0.4) is 0 Å². The smallest absolute Gasteiger partial charge is 0.277 e. The van der Waals surface area contributed by atoms with Crippen LogP contribution in [-0.2, 0) is 4.79 Å². The van der Waals surface area contributed by atoms with Gasteiger partial charge in [0.1, 0.15) is 0 Å². The zero-order chi connectivity index (χ0) is 17.8. The summed E-state index contributed by atoms with van der Waals surface area (Å²) in [6, 6.07) is 6.44. The van der Waals surface area contributed by atoms with Gasteiger partial charge in [0.15, 0.2) is 0 Å². The molecule has 0 aliphatic heterocycles. The number of nitrogens with one attached hydrogen (secondary N) is 1. The Morgan fingerprint density at radius 3 is 2.64 bits per heavy atom. The van der Waals surface area contributed by atoms with E-state index in [4.69, 9.17) is 4.42 Å². The van der Waals surface area contributed by atoms with E-state index in [0.29, 0.717) is 28.8 Å². The van der Waals surface area contributed by atoms with Crippen molar-refractivity contribution in [2.24, 2.45) is 5.92 Å². The lowest BCUT2D eigenvalue weighted by molar-refractivity contribution is -0.119. The maximum absolute atomic E-state index is 12.2. The summed E-state index contributed by atoms with van der Waals surface area (Å²) in [5.41, 5.74) is 3.23. The number of thioether (sulfide) groups is 1. The molecule has 0 bridgehead atoms. The third kappa shape index (κ3) is 4.84. The molecular formula is C19H25N3O2S. The lowest BCUT2D eigenvalue weighted by Crippen LogP contribution is -2.41. The Labute approximate surface area is 153 Å². The second-order valence-corrected chi connectivity index (χ2v) is 7.90. The number of carbonyl (C=O) groups excluding carboxylic acids is 1. The Morgan fingerprint density at radius 1 is 1.20 bits per heavy atom. The van der Waals surface area contributed by atoms with E-state index in [1.807, 2.05) is 26.0 Å². The average molecular weight is 359 g/mol. The number of carbonyl (C=O) groups is 1. The first-order valence-electron chi connectivity index (χ1n) is 8.85. The summed E-state index contributed by atoms with van der Waals surface area (Å²) in [7, 11) is 0. The first kappa shape index (κ1) is 18.0. The maximum Gasteiger partial charge on any atom is 0.277 e. The first-order chi connectivity index (χ1) is 12.0. The molecule has 1 saturated carbocycles. The van der Waals surface area contributed by atoms with E-state index in [0.717, 1.165) is 23.1 Å². The van der Waals surface area contributed by atoms with Gasteiger partial charge in [0.2, 0.25) is 11.8 Å². The Balaban J connectivity index is 1.55. The van der Waals surface area contributed by atoms with Crippen molar-refractivity contribution in [2.45, 2.75) is 57.7 Å². The molecule has 134 valence electrons. The van der Waals surface area contributed by atoms with Crippen LogP contribution in [0.2, 0.25) is 0 Å². The molecule has 1 aromatic carbocycles. The molecule has 1 aliphatic carbocycles. The number of nitrogens with zero attached hydrogens (tertiary/aromatic N) is 2. The number of hydrogen-bond donors (Lipinski definition) is 1. The monoisotopic (exact) mass is 359 g/mol. The Hall–Kier alpha value is -1.82. The molecule has 5 nitrogen and oxygen atoms in total. The van der Waals surface area contributed by atoms with Crippen LogP contribution in [0.4, 0.5) is 0 Å². The number of aromatic nitrogens is 2. The standard InChI is InChI=1S/C19H25N3O2S/c1-12-8-13(2)10-15(9-12)18-21-22-19(24-18)25-11-17(23)20-16-7-5-4-6-14(16)3/h8-10,14,16H,4-7,11H2,1-3H3,(H,20,23)/t14-,16-/m1/s1. The number of hydrogen-bond acceptors (Lipinski definition) is 5. The topological polar surface area (TPSA) is 68.0 Å². The maximum atomic E-state index is 12.2. The second kappa shape index (κ2) is 8.04. The molecule has 25 heavy (non-hydrogen) atoms. The van der Waals surface area contributed by atoms with Crippen molar-refractivity contribution in [3.63, 3.8) is 0 Å². The third-order valence-electron chi connectivity index (χ3n) is 4.66. The van der Waals surface area contributed by atoms with Crippen molar-refractivity contribution < 1.29 is 9.21 Å². The highest BCUT2D eigenvalue weighted by Gasteiger charge is 2.23. The first-order valence-corrected chi connectivity index (χ1v) is 9.84. The number of amides is 1. The summed E-state index contributed by atoms with van der Waals surface area (Å²) in [5, 5.41) is 11.7. The van der Waals surface area contributed by atoms with Gasteiger partial charge in [0.05, 0.1) is 5.75 Å². The molecule has 3 rings (SSSR count). The third-order valence-corrected chi connectivity index (χ3v) is 5.48. The minimum atomic E-state index is 0.0369. The van der Waals surface area contributed by atoms with E-state index in [9.17, 15) is 4.79 Å². The fraction of sp³-hybridized carbons (Fsp3) is 0.526. The van der Waals surface area contributed by atoms with Gasteiger partial charge in [-0.15, -0.1) is 10.2 Å². The SMILES string of the molecule is Cc1cc(C)cc(-c2nnc(SCC(=O)N[C@@H]3CCCC[C@H]3C)o2)c1. The summed E-state index contributed by atoms with van der Waals surface area (Å²) in [6.07, 6.45) is 4.74. The Bertz CT molecular complexity index is 724. The van der Waals surface area contributed by atoms with E-state index in [1.165, 1.54) is 31.0 Å². The van der Waals surface area contributed by atoms with Crippen LogP contribution in [0.15, 0.2) is 27.8 Å². The molecule has 1 N–H and O–H groups in total. The molecule has 1 aromatic heterocycles. The summed E-state index contributed by atoms with van der Waals surface area (Å²) < 4.78 is 5.70. The second-order valence-electron chi connectivity index (χ2n) is 6.97. The van der Waals surface area contributed by atoms with Gasteiger partial charge in [-0.2, -0.15) is 0 Å². The minimum absolute atomic E-state index is 0.0369. The van der Waals surface area contributed by atoms with E-state index in [1.54, 1.807) is 0 Å². The lowest BCUT2D eigenvalue weighted by Gasteiger charge is -2.29. The molecule has 0 spiro atoms. The van der Waals surface area contributed by atoms with Crippen molar-refractivity contribution in [1.82, 2.24) is 15.5 Å². The zero-order valence-electron chi connectivity index (χ0n) is 15.0. The number of benzene rings is 1. The number of aryl methyl sites for hydroxylation is 2. The van der Waals surface area contributed by atoms with Crippen LogP contribution in [0.1, 0.15) is 43.7 Å². The fourth-order valence-corrected chi connectivity index (χ4v) is 3.96. The zero-order valence-corrected chi connectivity index (χ0v) is 15.9. The van der Waals surface area contributed by atoms with Gasteiger partial charge in [0.25, 0.3) is 5.22 Å². The van der Waals surface area contributed by atoms with Gasteiger partial charge >= 0.3 is 0 Å². The van der Waals surface area contributed by atoms with Crippen LogP contribution in [0.5, 0.6) is 0 Å². The normalized spacial score (nSPS) is 20.4. The van der Waals surface area contributed by atoms with Crippen molar-refractivity contribution in [2.75, 3.05) is 5.75 Å². The molecule has 1 aliphatic rings. The summed E-state index contributed by atoms with van der Waals surface area (Å²) in [5.74, 6) is 1.39. The molecule has 0 unspecified atom stereocenters. The highest BCUT2D eigenvalue weighted by atomic mass is 32.2. The van der Waals surface area contributed by atoms with Crippen LogP contribution < -0.4 is 5.32 Å². The van der Waals surface area contributed by atoms with Crippen molar-refractivity contribution in [1.29, 1.82) is 0 Å². The molecule has 0 radical (unpaired) electrons. The van der Waals surface area contributed by atoms with Crippen molar-refractivity contribution >= 4 is 17.7 Å². The van der Waals surface area contributed by atoms with Crippen LogP contribution >= 0.6 is 11.8 Å². The van der Waals surface area contributed by atoms with Gasteiger partial charge in [-0.3, -0.25) is 4.79 Å².